The van der Waals surface area contributed by atoms with Gasteiger partial charge in [-0.05, 0) is 97.0 Å². The van der Waals surface area contributed by atoms with Crippen molar-refractivity contribution in [2.75, 3.05) is 0 Å². The van der Waals surface area contributed by atoms with Crippen molar-refractivity contribution in [3.05, 3.63) is 187 Å². The van der Waals surface area contributed by atoms with Crippen molar-refractivity contribution in [1.82, 2.24) is 14.5 Å². The molecule has 3 aromatic heterocycles. The number of pyridine rings is 2. The number of nitrogens with zero attached hydrogens (tertiary/aromatic N) is 3. The predicted molar refractivity (Wildman–Crippen MR) is 244 cm³/mol. The summed E-state index contributed by atoms with van der Waals surface area (Å²) in [4.78, 5) is 9.96. The van der Waals surface area contributed by atoms with E-state index >= 15 is 0 Å². The quantitative estimate of drug-likeness (QED) is 0.165. The van der Waals surface area contributed by atoms with Gasteiger partial charge in [0.15, 0.2) is 0 Å². The first-order valence-electron chi connectivity index (χ1n) is 20.2. The fourth-order valence-corrected chi connectivity index (χ4v) is 10.5. The minimum atomic E-state index is -0.245. The molecule has 270 valence electrons. The van der Waals surface area contributed by atoms with Crippen molar-refractivity contribution in [1.29, 1.82) is 0 Å². The average molecular weight is 738 g/mol. The highest BCUT2D eigenvalue weighted by molar-refractivity contribution is 6.42. The van der Waals surface area contributed by atoms with Crippen LogP contribution in [0.5, 0.6) is 0 Å². The Morgan fingerprint density at radius 2 is 1.05 bits per heavy atom. The summed E-state index contributed by atoms with van der Waals surface area (Å²) in [5, 5.41) is 15.1. The van der Waals surface area contributed by atoms with Crippen molar-refractivity contribution >= 4 is 86.7 Å². The summed E-state index contributed by atoms with van der Waals surface area (Å²) in [6.07, 6.45) is 1.86. The van der Waals surface area contributed by atoms with E-state index < -0.39 is 0 Å². The van der Waals surface area contributed by atoms with Gasteiger partial charge < -0.3 is 4.57 Å². The molecule has 0 spiro atoms. The molecule has 0 saturated carbocycles. The molecule has 0 aliphatic heterocycles. The molecule has 3 nitrogen and oxygen atoms in total. The molecule has 9 aromatic carbocycles. The van der Waals surface area contributed by atoms with Crippen molar-refractivity contribution in [2.45, 2.75) is 19.3 Å². The summed E-state index contributed by atoms with van der Waals surface area (Å²) >= 11 is 0. The monoisotopic (exact) mass is 737 g/mol. The number of benzene rings is 9. The second kappa shape index (κ2) is 11.4. The third kappa shape index (κ3) is 4.12. The molecule has 58 heavy (non-hydrogen) atoms. The minimum Gasteiger partial charge on any atom is -0.309 e. The highest BCUT2D eigenvalue weighted by Gasteiger charge is 2.37. The summed E-state index contributed by atoms with van der Waals surface area (Å²) in [5.74, 6) is 0. The number of para-hydroxylation sites is 1. The lowest BCUT2D eigenvalue weighted by atomic mass is 9.81. The van der Waals surface area contributed by atoms with Gasteiger partial charge in [-0.15, -0.1) is 0 Å². The van der Waals surface area contributed by atoms with E-state index in [4.69, 9.17) is 9.97 Å². The van der Waals surface area contributed by atoms with Crippen LogP contribution in [0.1, 0.15) is 25.0 Å². The highest BCUT2D eigenvalue weighted by Crippen LogP contribution is 2.54. The van der Waals surface area contributed by atoms with Gasteiger partial charge in [-0.1, -0.05) is 141 Å². The van der Waals surface area contributed by atoms with E-state index in [-0.39, 0.29) is 5.41 Å². The zero-order valence-corrected chi connectivity index (χ0v) is 32.1. The van der Waals surface area contributed by atoms with Crippen molar-refractivity contribution in [2.24, 2.45) is 0 Å². The van der Waals surface area contributed by atoms with E-state index in [1.165, 1.54) is 87.1 Å². The second-order valence-corrected chi connectivity index (χ2v) is 16.5. The first-order valence-corrected chi connectivity index (χ1v) is 20.2. The molecular weight excluding hydrogens is 703 g/mol. The van der Waals surface area contributed by atoms with Crippen LogP contribution in [0.25, 0.3) is 115 Å². The lowest BCUT2D eigenvalue weighted by molar-refractivity contribution is 0.661. The third-order valence-electron chi connectivity index (χ3n) is 13.1. The van der Waals surface area contributed by atoms with Crippen LogP contribution in [-0.4, -0.2) is 14.5 Å². The van der Waals surface area contributed by atoms with Gasteiger partial charge in [0.05, 0.1) is 27.8 Å². The molecule has 0 fully saturated rings. The van der Waals surface area contributed by atoms with E-state index in [1.54, 1.807) is 0 Å². The van der Waals surface area contributed by atoms with Crippen molar-refractivity contribution in [3.63, 3.8) is 0 Å². The molecule has 3 heterocycles. The maximum atomic E-state index is 5.24. The Balaban J connectivity index is 1.14. The standard InChI is InChI=1S/C55H35N3/c1-55(2)45-29-34(47-27-25-33-23-22-32-13-12-28-56-52(32)53(33)57-47)24-26-38(45)43-30-44-48(31-46(43)55)58(35-14-4-3-5-15-35)54-50(44)42-21-11-10-20-41(42)49-39-18-8-6-16-36(39)37-17-7-9-19-40(37)51(49)54/h3-31H,1-2H3. The maximum absolute atomic E-state index is 5.24. The molecule has 0 saturated heterocycles. The van der Waals surface area contributed by atoms with Crippen LogP contribution in [0, 0.1) is 0 Å². The lowest BCUT2D eigenvalue weighted by Gasteiger charge is -2.22. The summed E-state index contributed by atoms with van der Waals surface area (Å²) in [7, 11) is 0. The second-order valence-electron chi connectivity index (χ2n) is 16.5. The summed E-state index contributed by atoms with van der Waals surface area (Å²) < 4.78 is 2.56. The van der Waals surface area contributed by atoms with Gasteiger partial charge in [0.2, 0.25) is 0 Å². The molecule has 3 heteroatoms. The van der Waals surface area contributed by atoms with E-state index in [1.807, 2.05) is 12.3 Å². The number of hydrogen-bond donors (Lipinski definition) is 0. The maximum Gasteiger partial charge on any atom is 0.0972 e. The van der Waals surface area contributed by atoms with Gasteiger partial charge in [0.25, 0.3) is 0 Å². The van der Waals surface area contributed by atoms with Gasteiger partial charge in [0, 0.05) is 55.2 Å². The Hall–Kier alpha value is -7.36. The number of aromatic nitrogens is 3. The first kappa shape index (κ1) is 31.8. The molecule has 0 amide bonds. The van der Waals surface area contributed by atoms with Crippen LogP contribution in [0.2, 0.25) is 0 Å². The number of fused-ring (bicyclic) bond motifs is 19. The highest BCUT2D eigenvalue weighted by atomic mass is 15.0. The molecule has 12 aromatic rings. The van der Waals surface area contributed by atoms with Gasteiger partial charge in [-0.25, -0.2) is 4.98 Å². The van der Waals surface area contributed by atoms with Gasteiger partial charge in [-0.2, -0.15) is 0 Å². The molecule has 0 unspecified atom stereocenters. The largest absolute Gasteiger partial charge is 0.309 e. The fourth-order valence-electron chi connectivity index (χ4n) is 10.5. The molecule has 1 aliphatic rings. The number of rotatable bonds is 2. The Labute approximate surface area is 334 Å². The average Bonchev–Trinajstić information content (AvgIpc) is 3.73. The minimum absolute atomic E-state index is 0.245. The van der Waals surface area contributed by atoms with Crippen molar-refractivity contribution < 1.29 is 0 Å². The van der Waals surface area contributed by atoms with Crippen LogP contribution in [0.3, 0.4) is 0 Å². The molecule has 0 radical (unpaired) electrons. The summed E-state index contributed by atoms with van der Waals surface area (Å²) in [5.41, 5.74) is 12.6. The van der Waals surface area contributed by atoms with E-state index in [2.05, 4.69) is 182 Å². The fraction of sp³-hybridized carbons (Fsp3) is 0.0545. The van der Waals surface area contributed by atoms with E-state index in [9.17, 15) is 0 Å². The third-order valence-corrected chi connectivity index (χ3v) is 13.1. The lowest BCUT2D eigenvalue weighted by Crippen LogP contribution is -2.15. The Bertz CT molecular complexity index is 3760. The van der Waals surface area contributed by atoms with Crippen LogP contribution in [0.15, 0.2) is 176 Å². The van der Waals surface area contributed by atoms with Crippen molar-refractivity contribution in [3.8, 4) is 28.1 Å². The smallest absolute Gasteiger partial charge is 0.0972 e. The normalized spacial score (nSPS) is 13.5. The van der Waals surface area contributed by atoms with E-state index in [0.717, 1.165) is 38.8 Å². The van der Waals surface area contributed by atoms with Crippen LogP contribution in [0.4, 0.5) is 0 Å². The Morgan fingerprint density at radius 1 is 0.448 bits per heavy atom. The molecule has 0 N–H and O–H groups in total. The topological polar surface area (TPSA) is 30.7 Å². The number of hydrogen-bond acceptors (Lipinski definition) is 2. The van der Waals surface area contributed by atoms with Gasteiger partial charge in [0.1, 0.15) is 0 Å². The predicted octanol–water partition coefficient (Wildman–Crippen LogP) is 14.5. The Kier molecular flexibility index (Phi) is 6.23. The SMILES string of the molecule is CC1(C)c2cc(-c3ccc4ccc5cccnc5c4n3)ccc2-c2cc3c4c5ccccc5c5c6ccccc6c6ccccc6c5c4n(-c4ccccc4)c3cc21. The summed E-state index contributed by atoms with van der Waals surface area (Å²) in [6.45, 7) is 4.77. The molecule has 1 aliphatic carbocycles. The zero-order chi connectivity index (χ0) is 38.3. The van der Waals surface area contributed by atoms with Crippen LogP contribution < -0.4 is 0 Å². The van der Waals surface area contributed by atoms with Crippen LogP contribution in [-0.2, 0) is 5.41 Å². The zero-order valence-electron chi connectivity index (χ0n) is 32.1. The van der Waals surface area contributed by atoms with E-state index in [0.29, 0.717) is 0 Å². The molecule has 0 bridgehead atoms. The molecular formula is C55H35N3. The molecule has 13 rings (SSSR count). The molecule has 0 atom stereocenters. The van der Waals surface area contributed by atoms with Gasteiger partial charge >= 0.3 is 0 Å². The summed E-state index contributed by atoms with van der Waals surface area (Å²) in [6, 6.07) is 62.7. The van der Waals surface area contributed by atoms with Crippen LogP contribution >= 0.6 is 0 Å². The first-order chi connectivity index (χ1) is 28.5. The van der Waals surface area contributed by atoms with Gasteiger partial charge in [-0.3, -0.25) is 4.98 Å². The Morgan fingerprint density at radius 3 is 1.79 bits per heavy atom.